The van der Waals surface area contributed by atoms with Gasteiger partial charge in [-0.05, 0) is 80.9 Å². The molecule has 0 unspecified atom stereocenters. The van der Waals surface area contributed by atoms with Crippen LogP contribution >= 0.6 is 0 Å². The van der Waals surface area contributed by atoms with Gasteiger partial charge in [-0.2, -0.15) is 21.0 Å². The molecule has 0 radical (unpaired) electrons. The summed E-state index contributed by atoms with van der Waals surface area (Å²) < 4.78 is 56.3. The van der Waals surface area contributed by atoms with E-state index in [9.17, 15) is 38.6 Å². The Morgan fingerprint density at radius 2 is 0.738 bits per heavy atom. The number of fused-ring (bicyclic) bond motifs is 4. The van der Waals surface area contributed by atoms with Gasteiger partial charge < -0.3 is 0 Å². The molecule has 0 atom stereocenters. The van der Waals surface area contributed by atoms with Crippen LogP contribution in [0.25, 0.3) is 44.5 Å². The van der Waals surface area contributed by atoms with Crippen LogP contribution in [-0.2, 0) is 0 Å². The molecule has 0 N–H and O–H groups in total. The summed E-state index contributed by atoms with van der Waals surface area (Å²) in [6.07, 6.45) is 0. The van der Waals surface area contributed by atoms with E-state index in [2.05, 4.69) is 0 Å². The van der Waals surface area contributed by atoms with Gasteiger partial charge in [0.15, 0.2) is 0 Å². The van der Waals surface area contributed by atoms with Gasteiger partial charge in [-0.1, -0.05) is 24.3 Å². The fourth-order valence-corrected chi connectivity index (χ4v) is 5.59. The van der Waals surface area contributed by atoms with E-state index in [0.717, 1.165) is 36.4 Å². The third kappa shape index (κ3) is 3.96. The second kappa shape index (κ2) is 9.76. The molecular weight excluding hydrogens is 540 g/mol. The molecule has 42 heavy (non-hydrogen) atoms. The van der Waals surface area contributed by atoms with Crippen molar-refractivity contribution in [2.75, 3.05) is 0 Å². The summed E-state index contributed by atoms with van der Waals surface area (Å²) in [6.45, 7) is 0. The summed E-state index contributed by atoms with van der Waals surface area (Å²) in [5, 5.41) is 39.6. The van der Waals surface area contributed by atoms with Crippen LogP contribution in [-0.4, -0.2) is 0 Å². The fraction of sp³-hybridized carbons (Fsp3) is 0. The standard InChI is InChI=1S/C34H12F4N4/c35-23-5-19(6-24(36)11-23)17-1-3-27-29(9-17)33-32(22(15-41)16-42)28-4-2-18(20-7-25(37)12-26(38)8-20)10-30(28)34(33)31(27)21(13-39)14-40/h1-12H. The number of rotatable bonds is 2. The number of hydrogen-bond donors (Lipinski definition) is 0. The lowest BCUT2D eigenvalue weighted by atomic mass is 9.87. The molecule has 8 heteroatoms. The smallest absolute Gasteiger partial charge is 0.138 e. The molecule has 0 amide bonds. The molecule has 4 nitrogen and oxygen atoms in total. The molecule has 2 aliphatic rings. The number of hydrogen-bond acceptors (Lipinski definition) is 4. The highest BCUT2D eigenvalue weighted by atomic mass is 19.1. The van der Waals surface area contributed by atoms with Crippen LogP contribution in [0.15, 0.2) is 83.9 Å². The van der Waals surface area contributed by atoms with Crippen LogP contribution < -0.4 is 0 Å². The first kappa shape index (κ1) is 26.0. The Labute approximate surface area is 236 Å². The van der Waals surface area contributed by atoms with Gasteiger partial charge in [0, 0.05) is 34.4 Å². The van der Waals surface area contributed by atoms with E-state index in [0.29, 0.717) is 44.5 Å². The van der Waals surface area contributed by atoms with E-state index in [1.807, 2.05) is 24.3 Å². The second-order valence-electron chi connectivity index (χ2n) is 9.53. The zero-order valence-electron chi connectivity index (χ0n) is 21.2. The number of allylic oxidation sites excluding steroid dienone is 6. The molecule has 0 saturated carbocycles. The lowest BCUT2D eigenvalue weighted by molar-refractivity contribution is 0.583. The normalized spacial score (nSPS) is 12.5. The third-order valence-corrected chi connectivity index (χ3v) is 7.21. The molecule has 0 aliphatic heterocycles. The molecule has 4 aromatic rings. The van der Waals surface area contributed by atoms with E-state index in [1.165, 1.54) is 0 Å². The molecule has 0 spiro atoms. The van der Waals surface area contributed by atoms with Crippen molar-refractivity contribution in [1.29, 1.82) is 21.0 Å². The molecular formula is C34H12F4N4. The van der Waals surface area contributed by atoms with Gasteiger partial charge in [0.05, 0.1) is 0 Å². The maximum absolute atomic E-state index is 14.1. The summed E-state index contributed by atoms with van der Waals surface area (Å²) in [5.41, 5.74) is 3.85. The van der Waals surface area contributed by atoms with E-state index in [4.69, 9.17) is 0 Å². The highest BCUT2D eigenvalue weighted by Crippen LogP contribution is 2.59. The zero-order chi connectivity index (χ0) is 29.7. The molecule has 196 valence electrons. The summed E-state index contributed by atoms with van der Waals surface area (Å²) in [7, 11) is 0. The molecule has 6 rings (SSSR count). The van der Waals surface area contributed by atoms with Gasteiger partial charge in [0.25, 0.3) is 0 Å². The largest absolute Gasteiger partial charge is 0.207 e. The van der Waals surface area contributed by atoms with Gasteiger partial charge in [0.1, 0.15) is 58.7 Å². The van der Waals surface area contributed by atoms with Crippen molar-refractivity contribution >= 4 is 22.3 Å². The first-order valence-corrected chi connectivity index (χ1v) is 12.3. The quantitative estimate of drug-likeness (QED) is 0.185. The maximum Gasteiger partial charge on any atom is 0.138 e. The van der Waals surface area contributed by atoms with Crippen molar-refractivity contribution in [3.05, 3.63) is 129 Å². The summed E-state index contributed by atoms with van der Waals surface area (Å²) in [6, 6.07) is 23.4. The molecule has 0 fully saturated rings. The SMILES string of the molecule is N#CC(C#N)=C1C2=C(C(=C(C#N)C#N)c3ccc(-c4cc(F)cc(F)c4)cc32)c2cc(-c3cc(F)cc(F)c3)ccc21. The second-order valence-corrected chi connectivity index (χ2v) is 9.53. The number of benzene rings is 4. The summed E-state index contributed by atoms with van der Waals surface area (Å²) >= 11 is 0. The average Bonchev–Trinajstić information content (AvgIpc) is 3.46. The molecule has 2 aliphatic carbocycles. The van der Waals surface area contributed by atoms with E-state index >= 15 is 0 Å². The van der Waals surface area contributed by atoms with Gasteiger partial charge in [-0.15, -0.1) is 0 Å². The highest BCUT2D eigenvalue weighted by molar-refractivity contribution is 6.38. The van der Waals surface area contributed by atoms with Crippen molar-refractivity contribution in [2.45, 2.75) is 0 Å². The predicted molar refractivity (Wildman–Crippen MR) is 147 cm³/mol. The Bertz CT molecular complexity index is 1950. The number of nitriles is 4. The topological polar surface area (TPSA) is 95.2 Å². The van der Waals surface area contributed by atoms with E-state index < -0.39 is 23.3 Å². The fourth-order valence-electron chi connectivity index (χ4n) is 5.59. The van der Waals surface area contributed by atoms with E-state index in [-0.39, 0.29) is 33.4 Å². The van der Waals surface area contributed by atoms with Crippen LogP contribution in [0.3, 0.4) is 0 Å². The van der Waals surface area contributed by atoms with E-state index in [1.54, 1.807) is 36.4 Å². The Kier molecular flexibility index (Phi) is 6.05. The minimum Gasteiger partial charge on any atom is -0.207 e. The Hall–Kier alpha value is -6.22. The van der Waals surface area contributed by atoms with Crippen LogP contribution in [0, 0.1) is 68.6 Å². The van der Waals surface area contributed by atoms with Gasteiger partial charge in [-0.3, -0.25) is 0 Å². The molecule has 0 aromatic heterocycles. The first-order valence-electron chi connectivity index (χ1n) is 12.3. The maximum atomic E-state index is 14.1. The molecule has 4 aromatic carbocycles. The lowest BCUT2D eigenvalue weighted by Gasteiger charge is -2.15. The highest BCUT2D eigenvalue weighted by Gasteiger charge is 2.40. The monoisotopic (exact) mass is 552 g/mol. The van der Waals surface area contributed by atoms with Crippen molar-refractivity contribution in [2.24, 2.45) is 0 Å². The van der Waals surface area contributed by atoms with Crippen molar-refractivity contribution in [3.63, 3.8) is 0 Å². The zero-order valence-corrected chi connectivity index (χ0v) is 21.2. The number of halogens is 4. The van der Waals surface area contributed by atoms with Crippen LogP contribution in [0.2, 0.25) is 0 Å². The van der Waals surface area contributed by atoms with Crippen LogP contribution in [0.5, 0.6) is 0 Å². The lowest BCUT2D eigenvalue weighted by Crippen LogP contribution is -1.97. The van der Waals surface area contributed by atoms with Crippen molar-refractivity contribution in [3.8, 4) is 46.5 Å². The van der Waals surface area contributed by atoms with Gasteiger partial charge in [-0.25, -0.2) is 17.6 Å². The van der Waals surface area contributed by atoms with Crippen LogP contribution in [0.1, 0.15) is 22.3 Å². The summed E-state index contributed by atoms with van der Waals surface area (Å²) in [4.78, 5) is 0. The first-order chi connectivity index (χ1) is 20.3. The minimum absolute atomic E-state index is 0.230. The average molecular weight is 552 g/mol. The third-order valence-electron chi connectivity index (χ3n) is 7.21. The predicted octanol–water partition coefficient (Wildman–Crippen LogP) is 8.12. The van der Waals surface area contributed by atoms with Crippen molar-refractivity contribution in [1.82, 2.24) is 0 Å². The molecule has 0 heterocycles. The molecule has 0 bridgehead atoms. The minimum atomic E-state index is -0.784. The Morgan fingerprint density at radius 3 is 1.05 bits per heavy atom. The van der Waals surface area contributed by atoms with Gasteiger partial charge in [0.2, 0.25) is 0 Å². The van der Waals surface area contributed by atoms with Crippen molar-refractivity contribution < 1.29 is 17.6 Å². The number of nitrogens with zero attached hydrogens (tertiary/aromatic N) is 4. The summed E-state index contributed by atoms with van der Waals surface area (Å²) in [5.74, 6) is -3.13. The van der Waals surface area contributed by atoms with Crippen LogP contribution in [0.4, 0.5) is 17.6 Å². The van der Waals surface area contributed by atoms with Gasteiger partial charge >= 0.3 is 0 Å². The Balaban J connectivity index is 1.71. The Morgan fingerprint density at radius 1 is 0.405 bits per heavy atom. The molecule has 0 saturated heterocycles.